The molecule has 1 unspecified atom stereocenters. The molecule has 0 saturated carbocycles. The van der Waals surface area contributed by atoms with E-state index in [1.807, 2.05) is 37.4 Å². The highest BCUT2D eigenvalue weighted by atomic mass is 32.1. The molecule has 1 atom stereocenters. The second-order valence-electron chi connectivity index (χ2n) is 4.01. The molecule has 0 radical (unpaired) electrons. The van der Waals surface area contributed by atoms with Gasteiger partial charge in [-0.3, -0.25) is 16.3 Å². The summed E-state index contributed by atoms with van der Waals surface area (Å²) in [5.41, 5.74) is 5.82. The predicted molar refractivity (Wildman–Crippen MR) is 69.6 cm³/mol. The Bertz CT molecular complexity index is 495. The summed E-state index contributed by atoms with van der Waals surface area (Å²) in [5.74, 6) is 5.60. The highest BCUT2D eigenvalue weighted by Gasteiger charge is 2.13. The molecule has 4 nitrogen and oxygen atoms in total. The zero-order valence-corrected chi connectivity index (χ0v) is 10.8. The number of hydrazine groups is 1. The number of pyridine rings is 1. The summed E-state index contributed by atoms with van der Waals surface area (Å²) in [6, 6.07) is 5.97. The van der Waals surface area contributed by atoms with Gasteiger partial charge < -0.3 is 0 Å². The van der Waals surface area contributed by atoms with Crippen LogP contribution in [0.1, 0.15) is 28.1 Å². The molecule has 2 aromatic rings. The highest BCUT2D eigenvalue weighted by Crippen LogP contribution is 2.18. The summed E-state index contributed by atoms with van der Waals surface area (Å²) in [7, 11) is 0. The summed E-state index contributed by atoms with van der Waals surface area (Å²) >= 11 is 1.66. The van der Waals surface area contributed by atoms with Crippen molar-refractivity contribution >= 4 is 11.3 Å². The van der Waals surface area contributed by atoms with Crippen LogP contribution < -0.4 is 11.3 Å². The van der Waals surface area contributed by atoms with E-state index in [9.17, 15) is 0 Å². The molecule has 0 aliphatic carbocycles. The minimum absolute atomic E-state index is 0.0143. The van der Waals surface area contributed by atoms with E-state index in [0.717, 1.165) is 28.5 Å². The SMILES string of the molecule is Cc1cccc(C(Cc2nc(C)cs2)NN)n1. The van der Waals surface area contributed by atoms with Crippen LogP contribution in [-0.2, 0) is 6.42 Å². The number of hydrogen-bond acceptors (Lipinski definition) is 5. The van der Waals surface area contributed by atoms with Gasteiger partial charge in [-0.15, -0.1) is 11.3 Å². The quantitative estimate of drug-likeness (QED) is 0.641. The Hall–Kier alpha value is -1.30. The lowest BCUT2D eigenvalue weighted by Gasteiger charge is -2.14. The summed E-state index contributed by atoms with van der Waals surface area (Å²) in [5, 5.41) is 3.13. The Morgan fingerprint density at radius 3 is 2.71 bits per heavy atom. The molecule has 0 aliphatic heterocycles. The second-order valence-corrected chi connectivity index (χ2v) is 4.95. The standard InChI is InChI=1S/C12H16N4S/c1-8-4-3-5-10(14-8)11(16-13)6-12-15-9(2)7-17-12/h3-5,7,11,16H,6,13H2,1-2H3. The van der Waals surface area contributed by atoms with E-state index < -0.39 is 0 Å². The second kappa shape index (κ2) is 5.35. The van der Waals surface area contributed by atoms with Crippen LogP contribution in [0.2, 0.25) is 0 Å². The van der Waals surface area contributed by atoms with Gasteiger partial charge in [-0.05, 0) is 26.0 Å². The highest BCUT2D eigenvalue weighted by molar-refractivity contribution is 7.09. The van der Waals surface area contributed by atoms with E-state index in [0.29, 0.717) is 0 Å². The summed E-state index contributed by atoms with van der Waals surface area (Å²) < 4.78 is 0. The van der Waals surface area contributed by atoms with Crippen LogP contribution in [0.15, 0.2) is 23.6 Å². The molecule has 0 amide bonds. The molecule has 3 N–H and O–H groups in total. The van der Waals surface area contributed by atoms with Gasteiger partial charge in [0.25, 0.3) is 0 Å². The van der Waals surface area contributed by atoms with Gasteiger partial charge in [0.05, 0.1) is 16.7 Å². The lowest BCUT2D eigenvalue weighted by atomic mass is 10.1. The largest absolute Gasteiger partial charge is 0.271 e. The average molecular weight is 248 g/mol. The van der Waals surface area contributed by atoms with Gasteiger partial charge in [-0.1, -0.05) is 6.07 Å². The number of aryl methyl sites for hydroxylation is 2. The number of rotatable bonds is 4. The molecule has 0 aromatic carbocycles. The first kappa shape index (κ1) is 12.2. The Labute approximate surface area is 105 Å². The smallest absolute Gasteiger partial charge is 0.0948 e. The number of nitrogens with one attached hydrogen (secondary N) is 1. The van der Waals surface area contributed by atoms with Crippen LogP contribution in [0.4, 0.5) is 0 Å². The molecular formula is C12H16N4S. The van der Waals surface area contributed by atoms with E-state index >= 15 is 0 Å². The van der Waals surface area contributed by atoms with Crippen molar-refractivity contribution in [3.05, 3.63) is 45.7 Å². The van der Waals surface area contributed by atoms with Crippen molar-refractivity contribution in [3.8, 4) is 0 Å². The zero-order valence-electron chi connectivity index (χ0n) is 9.97. The van der Waals surface area contributed by atoms with Crippen LogP contribution >= 0.6 is 11.3 Å². The lowest BCUT2D eigenvalue weighted by molar-refractivity contribution is 0.536. The fraction of sp³-hybridized carbons (Fsp3) is 0.333. The number of thiazole rings is 1. The molecule has 0 spiro atoms. The monoisotopic (exact) mass is 248 g/mol. The van der Waals surface area contributed by atoms with Crippen LogP contribution in [0.25, 0.3) is 0 Å². The third-order valence-corrected chi connectivity index (χ3v) is 3.50. The first-order valence-corrected chi connectivity index (χ1v) is 6.37. The maximum atomic E-state index is 5.60. The molecule has 17 heavy (non-hydrogen) atoms. The topological polar surface area (TPSA) is 63.8 Å². The van der Waals surface area contributed by atoms with Crippen molar-refractivity contribution in [1.82, 2.24) is 15.4 Å². The molecule has 0 fully saturated rings. The van der Waals surface area contributed by atoms with Crippen molar-refractivity contribution < 1.29 is 0 Å². The molecule has 0 aliphatic rings. The minimum Gasteiger partial charge on any atom is -0.271 e. The first-order chi connectivity index (χ1) is 8.19. The third kappa shape index (κ3) is 3.09. The molecule has 2 aromatic heterocycles. The van der Waals surface area contributed by atoms with Gasteiger partial charge in [-0.25, -0.2) is 4.98 Å². The normalized spacial score (nSPS) is 12.6. The fourth-order valence-corrected chi connectivity index (χ4v) is 2.50. The van der Waals surface area contributed by atoms with Gasteiger partial charge in [0.15, 0.2) is 0 Å². The molecule has 0 saturated heterocycles. The fourth-order valence-electron chi connectivity index (χ4n) is 1.68. The summed E-state index contributed by atoms with van der Waals surface area (Å²) in [6.45, 7) is 3.97. The van der Waals surface area contributed by atoms with Gasteiger partial charge in [0, 0.05) is 23.2 Å². The number of aromatic nitrogens is 2. The molecular weight excluding hydrogens is 232 g/mol. The Kier molecular flexibility index (Phi) is 3.83. The maximum Gasteiger partial charge on any atom is 0.0948 e. The van der Waals surface area contributed by atoms with Crippen LogP contribution in [0.3, 0.4) is 0 Å². The van der Waals surface area contributed by atoms with Gasteiger partial charge in [0.1, 0.15) is 0 Å². The minimum atomic E-state index is 0.0143. The van der Waals surface area contributed by atoms with Gasteiger partial charge in [-0.2, -0.15) is 0 Å². The molecule has 2 rings (SSSR count). The molecule has 5 heteroatoms. The van der Waals surface area contributed by atoms with Crippen molar-refractivity contribution in [2.24, 2.45) is 5.84 Å². The summed E-state index contributed by atoms with van der Waals surface area (Å²) in [4.78, 5) is 8.92. The van der Waals surface area contributed by atoms with E-state index in [2.05, 4.69) is 15.4 Å². The lowest BCUT2D eigenvalue weighted by Crippen LogP contribution is -2.30. The number of hydrogen-bond donors (Lipinski definition) is 2. The Morgan fingerprint density at radius 1 is 1.29 bits per heavy atom. The van der Waals surface area contributed by atoms with Crippen molar-refractivity contribution in [3.63, 3.8) is 0 Å². The van der Waals surface area contributed by atoms with Gasteiger partial charge >= 0.3 is 0 Å². The number of nitrogens with two attached hydrogens (primary N) is 1. The van der Waals surface area contributed by atoms with E-state index in [1.165, 1.54) is 0 Å². The number of nitrogens with zero attached hydrogens (tertiary/aromatic N) is 2. The molecule has 90 valence electrons. The molecule has 2 heterocycles. The zero-order chi connectivity index (χ0) is 12.3. The first-order valence-electron chi connectivity index (χ1n) is 5.49. The van der Waals surface area contributed by atoms with E-state index in [4.69, 9.17) is 5.84 Å². The van der Waals surface area contributed by atoms with Crippen LogP contribution in [-0.4, -0.2) is 9.97 Å². The Balaban J connectivity index is 2.16. The summed E-state index contributed by atoms with van der Waals surface area (Å²) in [6.07, 6.45) is 0.769. The van der Waals surface area contributed by atoms with Gasteiger partial charge in [0.2, 0.25) is 0 Å². The van der Waals surface area contributed by atoms with E-state index in [-0.39, 0.29) is 6.04 Å². The van der Waals surface area contributed by atoms with Crippen molar-refractivity contribution in [2.75, 3.05) is 0 Å². The average Bonchev–Trinajstić information content (AvgIpc) is 2.72. The molecule has 0 bridgehead atoms. The third-order valence-electron chi connectivity index (χ3n) is 2.51. The maximum absolute atomic E-state index is 5.60. The van der Waals surface area contributed by atoms with Crippen LogP contribution in [0, 0.1) is 13.8 Å². The predicted octanol–water partition coefficient (Wildman–Crippen LogP) is 1.90. The van der Waals surface area contributed by atoms with Crippen molar-refractivity contribution in [1.29, 1.82) is 0 Å². The van der Waals surface area contributed by atoms with Crippen molar-refractivity contribution in [2.45, 2.75) is 26.3 Å². The van der Waals surface area contributed by atoms with E-state index in [1.54, 1.807) is 11.3 Å². The van der Waals surface area contributed by atoms with Crippen LogP contribution in [0.5, 0.6) is 0 Å². The Morgan fingerprint density at radius 2 is 2.12 bits per heavy atom.